The van der Waals surface area contributed by atoms with E-state index in [0.717, 1.165) is 12.8 Å². The van der Waals surface area contributed by atoms with Gasteiger partial charge in [0, 0.05) is 19.6 Å². The maximum atomic E-state index is 11.9. The first-order valence-corrected chi connectivity index (χ1v) is 7.87. The zero-order valence-corrected chi connectivity index (χ0v) is 13.0. The first-order chi connectivity index (χ1) is 10.5. The van der Waals surface area contributed by atoms with Gasteiger partial charge in [-0.25, -0.2) is 4.79 Å². The number of carbonyl (C=O) groups excluding carboxylic acids is 1. The van der Waals surface area contributed by atoms with Gasteiger partial charge in [-0.1, -0.05) is 31.2 Å². The average Bonchev–Trinajstić information content (AvgIpc) is 3.07. The molecule has 1 unspecified atom stereocenters. The molecule has 120 valence electrons. The molecule has 0 saturated carbocycles. The van der Waals surface area contributed by atoms with E-state index in [9.17, 15) is 9.90 Å². The lowest BCUT2D eigenvalue weighted by atomic mass is 9.87. The molecule has 0 bridgehead atoms. The third-order valence-electron chi connectivity index (χ3n) is 4.69. The van der Waals surface area contributed by atoms with Crippen LogP contribution in [0.1, 0.15) is 24.5 Å². The van der Waals surface area contributed by atoms with Crippen molar-refractivity contribution >= 4 is 6.03 Å². The molecule has 3 rings (SSSR count). The fourth-order valence-electron chi connectivity index (χ4n) is 3.35. The number of fused-ring (bicyclic) bond motifs is 1. The Morgan fingerprint density at radius 3 is 2.45 bits per heavy atom. The highest BCUT2D eigenvalue weighted by Crippen LogP contribution is 2.35. The summed E-state index contributed by atoms with van der Waals surface area (Å²) in [7, 11) is 0. The second-order valence-corrected chi connectivity index (χ2v) is 7.00. The van der Waals surface area contributed by atoms with Gasteiger partial charge >= 0.3 is 6.03 Å². The summed E-state index contributed by atoms with van der Waals surface area (Å²) in [6.45, 7) is 3.90. The summed E-state index contributed by atoms with van der Waals surface area (Å²) in [5, 5.41) is 15.8. The highest BCUT2D eigenvalue weighted by molar-refractivity contribution is 5.74. The Balaban J connectivity index is 1.45. The molecule has 1 fully saturated rings. The molecule has 1 saturated heterocycles. The van der Waals surface area contributed by atoms with Crippen LogP contribution < -0.4 is 10.6 Å². The van der Waals surface area contributed by atoms with E-state index in [2.05, 4.69) is 41.8 Å². The van der Waals surface area contributed by atoms with Gasteiger partial charge in [-0.05, 0) is 29.4 Å². The molecule has 0 spiro atoms. The Kier molecular flexibility index (Phi) is 4.10. The van der Waals surface area contributed by atoms with Gasteiger partial charge in [-0.15, -0.1) is 0 Å². The van der Waals surface area contributed by atoms with Gasteiger partial charge in [0.25, 0.3) is 0 Å². The standard InChI is InChI=1S/C17H24N2O3/c1-16(8-13-4-2-3-5-14(13)9-16)10-18-15(20)19-11-17(21)6-7-22-12-17/h2-5,21H,6-12H2,1H3,(H2,18,19,20). The zero-order chi connectivity index (χ0) is 15.6. The van der Waals surface area contributed by atoms with E-state index in [1.807, 2.05) is 0 Å². The number of amides is 2. The van der Waals surface area contributed by atoms with Crippen LogP contribution in [0.15, 0.2) is 24.3 Å². The molecule has 5 heteroatoms. The highest BCUT2D eigenvalue weighted by Gasteiger charge is 2.34. The number of rotatable bonds is 4. The lowest BCUT2D eigenvalue weighted by molar-refractivity contribution is 0.0291. The molecule has 1 atom stereocenters. The van der Waals surface area contributed by atoms with E-state index in [-0.39, 0.29) is 18.0 Å². The van der Waals surface area contributed by atoms with Crippen LogP contribution in [0.5, 0.6) is 0 Å². The maximum Gasteiger partial charge on any atom is 0.314 e. The van der Waals surface area contributed by atoms with Crippen molar-refractivity contribution in [3.05, 3.63) is 35.4 Å². The lowest BCUT2D eigenvalue weighted by Gasteiger charge is -2.25. The van der Waals surface area contributed by atoms with Crippen molar-refractivity contribution < 1.29 is 14.6 Å². The van der Waals surface area contributed by atoms with Gasteiger partial charge in [0.1, 0.15) is 5.60 Å². The van der Waals surface area contributed by atoms with Crippen molar-refractivity contribution in [3.63, 3.8) is 0 Å². The minimum absolute atomic E-state index is 0.0639. The van der Waals surface area contributed by atoms with E-state index in [1.165, 1.54) is 11.1 Å². The molecule has 0 radical (unpaired) electrons. The fraction of sp³-hybridized carbons (Fsp3) is 0.588. The molecule has 5 nitrogen and oxygen atoms in total. The van der Waals surface area contributed by atoms with E-state index >= 15 is 0 Å². The molecule has 1 aromatic rings. The Labute approximate surface area is 131 Å². The van der Waals surface area contributed by atoms with Crippen molar-refractivity contribution in [2.75, 3.05) is 26.3 Å². The zero-order valence-electron chi connectivity index (χ0n) is 13.0. The van der Waals surface area contributed by atoms with Crippen molar-refractivity contribution in [3.8, 4) is 0 Å². The van der Waals surface area contributed by atoms with Gasteiger partial charge in [-0.3, -0.25) is 0 Å². The van der Waals surface area contributed by atoms with E-state index < -0.39 is 5.60 Å². The summed E-state index contributed by atoms with van der Waals surface area (Å²) in [6, 6.07) is 8.23. The molecule has 1 aromatic carbocycles. The normalized spacial score (nSPS) is 25.7. The number of urea groups is 1. The topological polar surface area (TPSA) is 70.6 Å². The molecule has 3 N–H and O–H groups in total. The molecule has 2 aliphatic rings. The summed E-state index contributed by atoms with van der Waals surface area (Å²) in [6.07, 6.45) is 2.54. The molecular weight excluding hydrogens is 280 g/mol. The molecule has 2 amide bonds. The van der Waals surface area contributed by atoms with Gasteiger partial charge in [-0.2, -0.15) is 0 Å². The number of hydrogen-bond acceptors (Lipinski definition) is 3. The minimum atomic E-state index is -0.912. The van der Waals surface area contributed by atoms with Crippen LogP contribution in [0.25, 0.3) is 0 Å². The summed E-state index contributed by atoms with van der Waals surface area (Å²) in [5.41, 5.74) is 1.91. The number of nitrogens with one attached hydrogen (secondary N) is 2. The third kappa shape index (κ3) is 3.42. The number of carbonyl (C=O) groups is 1. The van der Waals surface area contributed by atoms with Crippen LogP contribution in [0.3, 0.4) is 0 Å². The number of hydrogen-bond donors (Lipinski definition) is 3. The minimum Gasteiger partial charge on any atom is -0.386 e. The molecule has 1 heterocycles. The number of aliphatic hydroxyl groups is 1. The molecule has 1 aliphatic heterocycles. The van der Waals surface area contributed by atoms with Crippen molar-refractivity contribution in [2.45, 2.75) is 31.8 Å². The third-order valence-corrected chi connectivity index (χ3v) is 4.69. The molecule has 1 aliphatic carbocycles. The van der Waals surface area contributed by atoms with Crippen molar-refractivity contribution in [1.82, 2.24) is 10.6 Å². The van der Waals surface area contributed by atoms with Crippen LogP contribution >= 0.6 is 0 Å². The summed E-state index contributed by atoms with van der Waals surface area (Å²) in [5.74, 6) is 0. The van der Waals surface area contributed by atoms with Crippen LogP contribution in [0.2, 0.25) is 0 Å². The second-order valence-electron chi connectivity index (χ2n) is 7.00. The van der Waals surface area contributed by atoms with Gasteiger partial charge in [0.15, 0.2) is 0 Å². The molecular formula is C17H24N2O3. The summed E-state index contributed by atoms with van der Waals surface area (Å²) >= 11 is 0. The maximum absolute atomic E-state index is 11.9. The fourth-order valence-corrected chi connectivity index (χ4v) is 3.35. The van der Waals surface area contributed by atoms with Crippen LogP contribution in [-0.4, -0.2) is 43.0 Å². The Hall–Kier alpha value is -1.59. The summed E-state index contributed by atoms with van der Waals surface area (Å²) in [4.78, 5) is 11.9. The Bertz CT molecular complexity index is 528. The van der Waals surface area contributed by atoms with Crippen LogP contribution in [0, 0.1) is 5.41 Å². The van der Waals surface area contributed by atoms with Crippen LogP contribution in [0.4, 0.5) is 4.79 Å². The molecule has 22 heavy (non-hydrogen) atoms. The summed E-state index contributed by atoms with van der Waals surface area (Å²) < 4.78 is 5.16. The van der Waals surface area contributed by atoms with Gasteiger partial charge < -0.3 is 20.5 Å². The monoisotopic (exact) mass is 304 g/mol. The first-order valence-electron chi connectivity index (χ1n) is 7.87. The SMILES string of the molecule is CC1(CNC(=O)NCC2(O)CCOC2)Cc2ccccc2C1. The second kappa shape index (κ2) is 5.89. The van der Waals surface area contributed by atoms with E-state index in [4.69, 9.17) is 4.74 Å². The number of ether oxygens (including phenoxy) is 1. The molecule has 0 aromatic heterocycles. The first kappa shape index (κ1) is 15.3. The quantitative estimate of drug-likeness (QED) is 0.784. The Morgan fingerprint density at radius 1 is 1.23 bits per heavy atom. The lowest BCUT2D eigenvalue weighted by Crippen LogP contribution is -2.48. The highest BCUT2D eigenvalue weighted by atomic mass is 16.5. The predicted octanol–water partition coefficient (Wildman–Crippen LogP) is 1.24. The number of benzene rings is 1. The Morgan fingerprint density at radius 2 is 1.86 bits per heavy atom. The van der Waals surface area contributed by atoms with Gasteiger partial charge in [0.05, 0.1) is 13.2 Å². The van der Waals surface area contributed by atoms with E-state index in [0.29, 0.717) is 26.2 Å². The van der Waals surface area contributed by atoms with E-state index in [1.54, 1.807) is 0 Å². The predicted molar refractivity (Wildman–Crippen MR) is 83.7 cm³/mol. The average molecular weight is 304 g/mol. The van der Waals surface area contributed by atoms with Crippen molar-refractivity contribution in [1.29, 1.82) is 0 Å². The van der Waals surface area contributed by atoms with Gasteiger partial charge in [0.2, 0.25) is 0 Å². The largest absolute Gasteiger partial charge is 0.386 e. The van der Waals surface area contributed by atoms with Crippen LogP contribution in [-0.2, 0) is 17.6 Å². The van der Waals surface area contributed by atoms with Crippen molar-refractivity contribution in [2.24, 2.45) is 5.41 Å². The smallest absolute Gasteiger partial charge is 0.314 e.